The summed E-state index contributed by atoms with van der Waals surface area (Å²) in [6.45, 7) is 2.38. The van der Waals surface area contributed by atoms with E-state index >= 15 is 0 Å². The van der Waals surface area contributed by atoms with E-state index in [9.17, 15) is 9.59 Å². The number of hydrogen-bond donors (Lipinski definition) is 1. The zero-order chi connectivity index (χ0) is 24.1. The van der Waals surface area contributed by atoms with E-state index < -0.39 is 0 Å². The Morgan fingerprint density at radius 2 is 1.85 bits per heavy atom. The molecule has 1 N–H and O–H groups in total. The van der Waals surface area contributed by atoms with E-state index in [0.717, 1.165) is 11.3 Å². The van der Waals surface area contributed by atoms with E-state index in [4.69, 9.17) is 37.4 Å². The molecular weight excluding hydrogens is 479 g/mol. The average Bonchev–Trinajstić information content (AvgIpc) is 2.81. The lowest BCUT2D eigenvalue weighted by Crippen LogP contribution is -2.41. The Morgan fingerprint density at radius 3 is 2.62 bits per heavy atom. The summed E-state index contributed by atoms with van der Waals surface area (Å²) in [6.07, 6.45) is 0. The van der Waals surface area contributed by atoms with Gasteiger partial charge in [-0.25, -0.2) is 0 Å². The fourth-order valence-electron chi connectivity index (χ4n) is 3.35. The minimum absolute atomic E-state index is 0.0902. The number of nitrogens with one attached hydrogen (secondary N) is 1. The minimum Gasteiger partial charge on any atom is -0.492 e. The van der Waals surface area contributed by atoms with Gasteiger partial charge in [0, 0.05) is 16.8 Å². The number of aryl methyl sites for hydroxylation is 1. The van der Waals surface area contributed by atoms with Gasteiger partial charge in [-0.1, -0.05) is 40.9 Å². The molecule has 34 heavy (non-hydrogen) atoms. The lowest BCUT2D eigenvalue weighted by molar-refractivity contribution is -0.121. The molecule has 2 amide bonds. The quantitative estimate of drug-likeness (QED) is 0.464. The molecule has 176 valence electrons. The molecule has 0 saturated heterocycles. The van der Waals surface area contributed by atoms with Crippen LogP contribution in [-0.4, -0.2) is 38.2 Å². The van der Waals surface area contributed by atoms with Crippen molar-refractivity contribution < 1.29 is 23.8 Å². The molecule has 0 unspecified atom stereocenters. The maximum atomic E-state index is 12.4. The SMILES string of the molecule is Cc1ccc(OCCN2C(=O)COc3cc(NC(=O)COc4ccc(Cl)cc4Cl)ccc32)cc1. The summed E-state index contributed by atoms with van der Waals surface area (Å²) < 4.78 is 16.8. The number of fused-ring (bicyclic) bond motifs is 1. The number of hydrogen-bond acceptors (Lipinski definition) is 5. The summed E-state index contributed by atoms with van der Waals surface area (Å²) in [5.74, 6) is 1.06. The molecule has 0 spiro atoms. The van der Waals surface area contributed by atoms with Gasteiger partial charge in [0.1, 0.15) is 23.9 Å². The number of nitrogens with zero attached hydrogens (tertiary/aromatic N) is 1. The predicted octanol–water partition coefficient (Wildman–Crippen LogP) is 5.12. The molecule has 1 heterocycles. The second-order valence-corrected chi connectivity index (χ2v) is 8.43. The molecule has 3 aromatic carbocycles. The van der Waals surface area contributed by atoms with Crippen molar-refractivity contribution in [3.63, 3.8) is 0 Å². The predicted molar refractivity (Wildman–Crippen MR) is 132 cm³/mol. The largest absolute Gasteiger partial charge is 0.492 e. The van der Waals surface area contributed by atoms with E-state index in [-0.39, 0.29) is 25.0 Å². The van der Waals surface area contributed by atoms with Crippen LogP contribution in [0.1, 0.15) is 5.56 Å². The highest BCUT2D eigenvalue weighted by Crippen LogP contribution is 2.34. The highest BCUT2D eigenvalue weighted by molar-refractivity contribution is 6.35. The Kier molecular flexibility index (Phi) is 7.45. The van der Waals surface area contributed by atoms with Gasteiger partial charge in [0.2, 0.25) is 0 Å². The zero-order valence-corrected chi connectivity index (χ0v) is 19.9. The van der Waals surface area contributed by atoms with Crippen LogP contribution >= 0.6 is 23.2 Å². The molecule has 0 aromatic heterocycles. The van der Waals surface area contributed by atoms with Crippen LogP contribution in [0.4, 0.5) is 11.4 Å². The van der Waals surface area contributed by atoms with Gasteiger partial charge in [-0.3, -0.25) is 9.59 Å². The molecule has 9 heteroatoms. The summed E-state index contributed by atoms with van der Waals surface area (Å²) >= 11 is 11.9. The van der Waals surface area contributed by atoms with E-state index in [0.29, 0.717) is 46.1 Å². The third-order valence-electron chi connectivity index (χ3n) is 5.04. The number of carbonyl (C=O) groups excluding carboxylic acids is 2. The molecular formula is C25H22Cl2N2O5. The Hall–Kier alpha value is -3.42. The molecule has 3 aromatic rings. The van der Waals surface area contributed by atoms with E-state index in [1.807, 2.05) is 31.2 Å². The summed E-state index contributed by atoms with van der Waals surface area (Å²) in [6, 6.07) is 17.6. The highest BCUT2D eigenvalue weighted by atomic mass is 35.5. The standard InChI is InChI=1S/C25H22Cl2N2O5/c1-16-2-6-19(7-3-16)32-11-10-29-21-8-5-18(13-23(21)34-15-25(29)31)28-24(30)14-33-22-9-4-17(26)12-20(22)27/h2-9,12-13H,10-11,14-15H2,1H3,(H,28,30). The molecule has 4 rings (SSSR count). The number of anilines is 2. The Bertz CT molecular complexity index is 1200. The van der Waals surface area contributed by atoms with Crippen LogP contribution in [0.2, 0.25) is 10.0 Å². The van der Waals surface area contributed by atoms with Gasteiger partial charge in [0.05, 0.1) is 17.3 Å². The second-order valence-electron chi connectivity index (χ2n) is 7.59. The summed E-state index contributed by atoms with van der Waals surface area (Å²) in [5.41, 5.74) is 2.28. The third kappa shape index (κ3) is 5.92. The van der Waals surface area contributed by atoms with Gasteiger partial charge in [0.15, 0.2) is 13.2 Å². The van der Waals surface area contributed by atoms with Crippen molar-refractivity contribution in [2.45, 2.75) is 6.92 Å². The Balaban J connectivity index is 1.35. The third-order valence-corrected chi connectivity index (χ3v) is 5.57. The van der Waals surface area contributed by atoms with Crippen LogP contribution in [0.5, 0.6) is 17.2 Å². The van der Waals surface area contributed by atoms with Crippen molar-refractivity contribution in [1.29, 1.82) is 0 Å². The molecule has 0 bridgehead atoms. The van der Waals surface area contributed by atoms with Gasteiger partial charge in [-0.2, -0.15) is 0 Å². The monoisotopic (exact) mass is 500 g/mol. The van der Waals surface area contributed by atoms with Crippen molar-refractivity contribution in [3.05, 3.63) is 76.3 Å². The van der Waals surface area contributed by atoms with Gasteiger partial charge in [-0.05, 0) is 49.4 Å². The molecule has 1 aliphatic heterocycles. The summed E-state index contributed by atoms with van der Waals surface area (Å²) in [5, 5.41) is 3.54. The number of halogens is 2. The Morgan fingerprint density at radius 1 is 1.06 bits per heavy atom. The van der Waals surface area contributed by atoms with Gasteiger partial charge < -0.3 is 24.4 Å². The van der Waals surface area contributed by atoms with Gasteiger partial charge >= 0.3 is 0 Å². The Labute approximate surface area is 207 Å². The fourth-order valence-corrected chi connectivity index (χ4v) is 3.81. The molecule has 0 saturated carbocycles. The summed E-state index contributed by atoms with van der Waals surface area (Å²) in [4.78, 5) is 26.3. The van der Waals surface area contributed by atoms with Crippen LogP contribution in [0.3, 0.4) is 0 Å². The lowest BCUT2D eigenvalue weighted by atomic mass is 10.2. The molecule has 1 aliphatic rings. The summed E-state index contributed by atoms with van der Waals surface area (Å²) in [7, 11) is 0. The van der Waals surface area contributed by atoms with Crippen LogP contribution in [0, 0.1) is 6.92 Å². The normalized spacial score (nSPS) is 12.6. The molecule has 0 fully saturated rings. The maximum absolute atomic E-state index is 12.4. The van der Waals surface area contributed by atoms with Gasteiger partial charge in [-0.15, -0.1) is 0 Å². The number of carbonyl (C=O) groups is 2. The first kappa shape index (κ1) is 23.7. The molecule has 7 nitrogen and oxygen atoms in total. The number of ether oxygens (including phenoxy) is 3. The number of amides is 2. The smallest absolute Gasteiger partial charge is 0.265 e. The van der Waals surface area contributed by atoms with Crippen molar-refractivity contribution in [1.82, 2.24) is 0 Å². The lowest BCUT2D eigenvalue weighted by Gasteiger charge is -2.29. The number of benzene rings is 3. The van der Waals surface area contributed by atoms with Crippen LogP contribution in [0.15, 0.2) is 60.7 Å². The van der Waals surface area contributed by atoms with E-state index in [2.05, 4.69) is 5.32 Å². The molecule has 0 radical (unpaired) electrons. The number of rotatable bonds is 8. The zero-order valence-electron chi connectivity index (χ0n) is 18.3. The maximum Gasteiger partial charge on any atom is 0.265 e. The van der Waals surface area contributed by atoms with Crippen LogP contribution in [-0.2, 0) is 9.59 Å². The molecule has 0 aliphatic carbocycles. The topological polar surface area (TPSA) is 77.1 Å². The van der Waals surface area contributed by atoms with Crippen molar-refractivity contribution in [2.24, 2.45) is 0 Å². The highest BCUT2D eigenvalue weighted by Gasteiger charge is 2.26. The first-order valence-electron chi connectivity index (χ1n) is 10.5. The van der Waals surface area contributed by atoms with Crippen LogP contribution < -0.4 is 24.4 Å². The van der Waals surface area contributed by atoms with Crippen molar-refractivity contribution in [2.75, 3.05) is 36.6 Å². The van der Waals surface area contributed by atoms with Crippen molar-refractivity contribution in [3.8, 4) is 17.2 Å². The van der Waals surface area contributed by atoms with E-state index in [1.165, 1.54) is 6.07 Å². The molecule has 0 atom stereocenters. The fraction of sp³-hybridized carbons (Fsp3) is 0.200. The second kappa shape index (κ2) is 10.7. The first-order chi connectivity index (χ1) is 16.4. The van der Waals surface area contributed by atoms with Gasteiger partial charge in [0.25, 0.3) is 11.8 Å². The van der Waals surface area contributed by atoms with E-state index in [1.54, 1.807) is 35.2 Å². The average molecular weight is 501 g/mol. The first-order valence-corrected chi connectivity index (χ1v) is 11.3. The van der Waals surface area contributed by atoms with Crippen molar-refractivity contribution >= 4 is 46.4 Å². The minimum atomic E-state index is -0.374. The van der Waals surface area contributed by atoms with Crippen LogP contribution in [0.25, 0.3) is 0 Å².